The zero-order valence-corrected chi connectivity index (χ0v) is 16.2. The normalized spacial score (nSPS) is 10.4. The third kappa shape index (κ3) is 4.73. The van der Waals surface area contributed by atoms with Gasteiger partial charge in [-0.05, 0) is 49.4 Å². The van der Waals surface area contributed by atoms with Crippen molar-refractivity contribution in [3.8, 4) is 17.2 Å². The molecule has 2 aromatic carbocycles. The van der Waals surface area contributed by atoms with E-state index in [0.717, 1.165) is 5.76 Å². The molecule has 0 bridgehead atoms. The summed E-state index contributed by atoms with van der Waals surface area (Å²) in [5.41, 5.74) is -0.113. The van der Waals surface area contributed by atoms with Gasteiger partial charge in [-0.15, -0.1) is 0 Å². The van der Waals surface area contributed by atoms with Gasteiger partial charge < -0.3 is 18.8 Å². The first-order chi connectivity index (χ1) is 13.9. The van der Waals surface area contributed by atoms with Gasteiger partial charge in [0.2, 0.25) is 0 Å². The molecule has 8 heteroatoms. The molecule has 0 aliphatic rings. The quantitative estimate of drug-likeness (QED) is 0.429. The number of benzene rings is 2. The number of methoxy groups -OCH3 is 1. The largest absolute Gasteiger partial charge is 0.497 e. The van der Waals surface area contributed by atoms with E-state index in [-0.39, 0.29) is 23.5 Å². The van der Waals surface area contributed by atoms with Gasteiger partial charge in [0.25, 0.3) is 11.6 Å². The summed E-state index contributed by atoms with van der Waals surface area (Å²) in [6.45, 7) is 2.03. The maximum Gasteiger partial charge on any atom is 0.270 e. The second-order valence-electron chi connectivity index (χ2n) is 6.39. The molecule has 0 fully saturated rings. The van der Waals surface area contributed by atoms with Crippen LogP contribution in [-0.4, -0.2) is 29.9 Å². The van der Waals surface area contributed by atoms with Gasteiger partial charge in [0.1, 0.15) is 28.8 Å². The molecular formula is C21H20N2O6. The molecule has 0 saturated carbocycles. The van der Waals surface area contributed by atoms with E-state index >= 15 is 0 Å². The fourth-order valence-electron chi connectivity index (χ4n) is 2.74. The molecule has 8 nitrogen and oxygen atoms in total. The van der Waals surface area contributed by atoms with E-state index in [1.165, 1.54) is 23.1 Å². The van der Waals surface area contributed by atoms with Gasteiger partial charge in [-0.1, -0.05) is 0 Å². The number of aryl methyl sites for hydroxylation is 1. The highest BCUT2D eigenvalue weighted by Crippen LogP contribution is 2.31. The fourth-order valence-corrected chi connectivity index (χ4v) is 2.74. The third-order valence-corrected chi connectivity index (χ3v) is 4.23. The molecule has 1 aromatic heterocycles. The summed E-state index contributed by atoms with van der Waals surface area (Å²) in [6.07, 6.45) is 0. The Morgan fingerprint density at radius 1 is 1.10 bits per heavy atom. The molecule has 0 spiro atoms. The van der Waals surface area contributed by atoms with Crippen LogP contribution in [-0.2, 0) is 6.54 Å². The maximum absolute atomic E-state index is 13.0. The SMILES string of the molecule is COc1ccc(Oc2ccc([N+](=O)[O-])cc2C(=O)N(C)Cc2ccc(C)o2)cc1. The van der Waals surface area contributed by atoms with Crippen molar-refractivity contribution in [3.63, 3.8) is 0 Å². The number of non-ortho nitro benzene ring substituents is 1. The van der Waals surface area contributed by atoms with Gasteiger partial charge in [0.15, 0.2) is 0 Å². The lowest BCUT2D eigenvalue weighted by atomic mass is 10.1. The Balaban J connectivity index is 1.89. The predicted octanol–water partition coefficient (Wildman–Crippen LogP) is 4.57. The monoisotopic (exact) mass is 396 g/mol. The zero-order valence-electron chi connectivity index (χ0n) is 16.2. The summed E-state index contributed by atoms with van der Waals surface area (Å²) >= 11 is 0. The minimum atomic E-state index is -0.552. The van der Waals surface area contributed by atoms with Crippen LogP contribution in [0.4, 0.5) is 5.69 Å². The first-order valence-corrected chi connectivity index (χ1v) is 8.78. The van der Waals surface area contributed by atoms with Crippen molar-refractivity contribution < 1.29 is 23.6 Å². The first kappa shape index (κ1) is 19.9. The number of rotatable bonds is 7. The van der Waals surface area contributed by atoms with Gasteiger partial charge in [-0.3, -0.25) is 14.9 Å². The molecule has 0 radical (unpaired) electrons. The highest BCUT2D eigenvalue weighted by atomic mass is 16.6. The Morgan fingerprint density at radius 3 is 2.38 bits per heavy atom. The summed E-state index contributed by atoms with van der Waals surface area (Å²) < 4.78 is 16.4. The predicted molar refractivity (Wildman–Crippen MR) is 105 cm³/mol. The molecule has 0 saturated heterocycles. The van der Waals surface area contributed by atoms with Crippen molar-refractivity contribution in [1.29, 1.82) is 0 Å². The van der Waals surface area contributed by atoms with Gasteiger partial charge in [-0.25, -0.2) is 0 Å². The Bertz CT molecular complexity index is 1030. The first-order valence-electron chi connectivity index (χ1n) is 8.78. The Kier molecular flexibility index (Phi) is 5.82. The molecule has 1 amide bonds. The smallest absolute Gasteiger partial charge is 0.270 e. The number of nitrogens with zero attached hydrogens (tertiary/aromatic N) is 2. The number of ether oxygens (including phenoxy) is 2. The minimum absolute atomic E-state index is 0.0841. The van der Waals surface area contributed by atoms with Crippen LogP contribution < -0.4 is 9.47 Å². The highest BCUT2D eigenvalue weighted by molar-refractivity contribution is 5.97. The molecule has 0 atom stereocenters. The number of carbonyl (C=O) groups excluding carboxylic acids is 1. The Hall–Kier alpha value is -3.81. The Morgan fingerprint density at radius 2 is 1.79 bits per heavy atom. The molecule has 0 unspecified atom stereocenters. The minimum Gasteiger partial charge on any atom is -0.497 e. The molecule has 0 aliphatic heterocycles. The second kappa shape index (κ2) is 8.47. The van der Waals surface area contributed by atoms with Crippen molar-refractivity contribution in [2.24, 2.45) is 0 Å². The van der Waals surface area contributed by atoms with E-state index in [2.05, 4.69) is 0 Å². The van der Waals surface area contributed by atoms with Crippen molar-refractivity contribution in [2.45, 2.75) is 13.5 Å². The number of amides is 1. The molecule has 0 aliphatic carbocycles. The molecular weight excluding hydrogens is 376 g/mol. The van der Waals surface area contributed by atoms with Crippen LogP contribution in [0.1, 0.15) is 21.9 Å². The van der Waals surface area contributed by atoms with Crippen molar-refractivity contribution >= 4 is 11.6 Å². The topological polar surface area (TPSA) is 95.0 Å². The Labute approximate surface area is 167 Å². The summed E-state index contributed by atoms with van der Waals surface area (Å²) in [6, 6.07) is 14.3. The number of nitro benzene ring substituents is 1. The van der Waals surface area contributed by atoms with Crippen LogP contribution in [0.3, 0.4) is 0 Å². The van der Waals surface area contributed by atoms with E-state index in [9.17, 15) is 14.9 Å². The number of nitro groups is 1. The lowest BCUT2D eigenvalue weighted by Crippen LogP contribution is -2.26. The van der Waals surface area contributed by atoms with Crippen LogP contribution in [0, 0.1) is 17.0 Å². The van der Waals surface area contributed by atoms with Gasteiger partial charge >= 0.3 is 0 Å². The van der Waals surface area contributed by atoms with Crippen LogP contribution in [0.2, 0.25) is 0 Å². The van der Waals surface area contributed by atoms with E-state index < -0.39 is 10.8 Å². The van der Waals surface area contributed by atoms with Crippen molar-refractivity contribution in [3.05, 3.63) is 81.8 Å². The average molecular weight is 396 g/mol. The molecule has 0 N–H and O–H groups in total. The number of carbonyl (C=O) groups is 1. The lowest BCUT2D eigenvalue weighted by molar-refractivity contribution is -0.384. The standard InChI is InChI=1S/C21H20N2O6/c1-14-4-6-18(28-14)13-22(2)21(24)19-12-15(23(25)26)5-11-20(19)29-17-9-7-16(27-3)8-10-17/h4-12H,13H2,1-3H3. The van der Waals surface area contributed by atoms with Gasteiger partial charge in [0, 0.05) is 19.2 Å². The van der Waals surface area contributed by atoms with E-state index in [4.69, 9.17) is 13.9 Å². The lowest BCUT2D eigenvalue weighted by Gasteiger charge is -2.18. The maximum atomic E-state index is 13.0. The van der Waals surface area contributed by atoms with Crippen molar-refractivity contribution in [1.82, 2.24) is 4.90 Å². The summed E-state index contributed by atoms with van der Waals surface area (Å²) in [7, 11) is 3.15. The van der Waals surface area contributed by atoms with Crippen LogP contribution in [0.5, 0.6) is 17.2 Å². The van der Waals surface area contributed by atoms with E-state index in [1.807, 2.05) is 6.92 Å². The number of hydrogen-bond acceptors (Lipinski definition) is 6. The summed E-state index contributed by atoms with van der Waals surface area (Å²) in [5.74, 6) is 2.27. The number of furan rings is 1. The van der Waals surface area contributed by atoms with Crippen LogP contribution in [0.25, 0.3) is 0 Å². The molecule has 150 valence electrons. The number of hydrogen-bond donors (Lipinski definition) is 0. The second-order valence-corrected chi connectivity index (χ2v) is 6.39. The molecule has 1 heterocycles. The van der Waals surface area contributed by atoms with Gasteiger partial charge in [-0.2, -0.15) is 0 Å². The molecule has 29 heavy (non-hydrogen) atoms. The van der Waals surface area contributed by atoms with E-state index in [1.54, 1.807) is 50.6 Å². The average Bonchev–Trinajstić information content (AvgIpc) is 3.12. The molecule has 3 rings (SSSR count). The molecule has 3 aromatic rings. The van der Waals surface area contributed by atoms with Gasteiger partial charge in [0.05, 0.1) is 24.1 Å². The van der Waals surface area contributed by atoms with E-state index in [0.29, 0.717) is 17.3 Å². The summed E-state index contributed by atoms with van der Waals surface area (Å²) in [4.78, 5) is 25.1. The highest BCUT2D eigenvalue weighted by Gasteiger charge is 2.22. The fraction of sp³-hybridized carbons (Fsp3) is 0.190. The van der Waals surface area contributed by atoms with Crippen LogP contribution in [0.15, 0.2) is 59.0 Å². The zero-order chi connectivity index (χ0) is 21.0. The van der Waals surface area contributed by atoms with Crippen LogP contribution >= 0.6 is 0 Å². The summed E-state index contributed by atoms with van der Waals surface area (Å²) in [5, 5.41) is 11.2. The van der Waals surface area contributed by atoms with Crippen molar-refractivity contribution in [2.75, 3.05) is 14.2 Å². The third-order valence-electron chi connectivity index (χ3n) is 4.23.